The molecule has 120 valence electrons. The summed E-state index contributed by atoms with van der Waals surface area (Å²) in [7, 11) is 0. The maximum absolute atomic E-state index is 5.54. The van der Waals surface area contributed by atoms with Crippen LogP contribution in [0.4, 0.5) is 0 Å². The van der Waals surface area contributed by atoms with Crippen molar-refractivity contribution in [3.05, 3.63) is 63.8 Å². The molecule has 0 saturated heterocycles. The van der Waals surface area contributed by atoms with Crippen molar-refractivity contribution >= 4 is 46.7 Å². The Morgan fingerprint density at radius 1 is 1.17 bits per heavy atom. The Morgan fingerprint density at radius 3 is 2.83 bits per heavy atom. The molecular formula is C16H11N3OS4. The van der Waals surface area contributed by atoms with E-state index in [9.17, 15) is 0 Å². The van der Waals surface area contributed by atoms with E-state index < -0.39 is 0 Å². The van der Waals surface area contributed by atoms with E-state index in [-0.39, 0.29) is 0 Å². The van der Waals surface area contributed by atoms with Crippen LogP contribution in [0.1, 0.15) is 5.69 Å². The maximum Gasteiger partial charge on any atom is 0.236 e. The molecule has 0 unspecified atom stereocenters. The fraction of sp³-hybridized carbons (Fsp3) is 0.0625. The number of hydrogen-bond donors (Lipinski definition) is 0. The van der Waals surface area contributed by atoms with Gasteiger partial charge in [0.25, 0.3) is 0 Å². The highest BCUT2D eigenvalue weighted by molar-refractivity contribution is 8.00. The summed E-state index contributed by atoms with van der Waals surface area (Å²) in [4.78, 5) is 5.56. The number of nitrogens with zero attached hydrogens (tertiary/aromatic N) is 3. The quantitative estimate of drug-likeness (QED) is 0.325. The molecule has 0 amide bonds. The Hall–Kier alpha value is -1.74. The first-order chi connectivity index (χ1) is 11.8. The van der Waals surface area contributed by atoms with Crippen molar-refractivity contribution in [2.24, 2.45) is 0 Å². The van der Waals surface area contributed by atoms with E-state index >= 15 is 0 Å². The summed E-state index contributed by atoms with van der Waals surface area (Å²) in [5.41, 5.74) is 1.88. The van der Waals surface area contributed by atoms with Crippen LogP contribution < -0.4 is 0 Å². The lowest BCUT2D eigenvalue weighted by Crippen LogP contribution is -1.95. The van der Waals surface area contributed by atoms with Crippen LogP contribution in [-0.2, 0) is 5.75 Å². The minimum absolute atomic E-state index is 0.669. The number of rotatable bonds is 5. The van der Waals surface area contributed by atoms with Gasteiger partial charge in [-0.1, -0.05) is 47.4 Å². The summed E-state index contributed by atoms with van der Waals surface area (Å²) in [6.07, 6.45) is 1.70. The van der Waals surface area contributed by atoms with E-state index in [1.54, 1.807) is 34.0 Å². The fourth-order valence-corrected chi connectivity index (χ4v) is 4.97. The van der Waals surface area contributed by atoms with Gasteiger partial charge in [-0.15, -0.1) is 16.4 Å². The summed E-state index contributed by atoms with van der Waals surface area (Å²) < 4.78 is 8.99. The van der Waals surface area contributed by atoms with Crippen LogP contribution in [0, 0.1) is 3.95 Å². The zero-order valence-electron chi connectivity index (χ0n) is 12.3. The second-order valence-electron chi connectivity index (χ2n) is 4.79. The van der Waals surface area contributed by atoms with Crippen molar-refractivity contribution in [1.82, 2.24) is 14.8 Å². The summed E-state index contributed by atoms with van der Waals surface area (Å²) in [6, 6.07) is 13.9. The van der Waals surface area contributed by atoms with Gasteiger partial charge in [0, 0.05) is 5.75 Å². The molecule has 8 heteroatoms. The number of benzene rings is 1. The molecule has 1 aromatic carbocycles. The fourth-order valence-electron chi connectivity index (χ4n) is 2.07. The van der Waals surface area contributed by atoms with Gasteiger partial charge in [0.05, 0.1) is 16.3 Å². The van der Waals surface area contributed by atoms with Gasteiger partial charge in [-0.3, -0.25) is 0 Å². The molecule has 4 nitrogen and oxygen atoms in total. The van der Waals surface area contributed by atoms with Crippen LogP contribution >= 0.6 is 46.7 Å². The Kier molecular flexibility index (Phi) is 4.61. The smallest absolute Gasteiger partial charge is 0.236 e. The van der Waals surface area contributed by atoms with Crippen molar-refractivity contribution in [2.45, 2.75) is 10.1 Å². The molecule has 0 spiro atoms. The lowest BCUT2D eigenvalue weighted by Gasteiger charge is -1.98. The van der Waals surface area contributed by atoms with E-state index in [0.717, 1.165) is 24.6 Å². The molecule has 0 aliphatic heterocycles. The van der Waals surface area contributed by atoms with E-state index in [2.05, 4.69) is 10.1 Å². The third-order valence-corrected chi connectivity index (χ3v) is 6.41. The number of aromatic nitrogens is 3. The molecule has 3 heterocycles. The number of oxazole rings is 1. The number of thioether (sulfide) groups is 1. The minimum atomic E-state index is 0.669. The first-order valence-electron chi connectivity index (χ1n) is 7.06. The molecule has 4 rings (SSSR count). The van der Waals surface area contributed by atoms with Gasteiger partial charge < -0.3 is 4.42 Å². The van der Waals surface area contributed by atoms with Gasteiger partial charge >= 0.3 is 0 Å². The van der Waals surface area contributed by atoms with Crippen LogP contribution in [-0.4, -0.2) is 14.8 Å². The molecule has 0 fully saturated rings. The lowest BCUT2D eigenvalue weighted by atomic mass is 10.3. The predicted molar refractivity (Wildman–Crippen MR) is 102 cm³/mol. The molecule has 0 saturated carbocycles. The van der Waals surface area contributed by atoms with Gasteiger partial charge in [0.2, 0.25) is 5.89 Å². The summed E-state index contributed by atoms with van der Waals surface area (Å²) in [5, 5.41) is 6.60. The van der Waals surface area contributed by atoms with Gasteiger partial charge in [-0.25, -0.2) is 9.67 Å². The molecule has 3 aromatic heterocycles. The molecule has 0 atom stereocenters. The van der Waals surface area contributed by atoms with E-state index in [0.29, 0.717) is 11.6 Å². The molecule has 4 aromatic rings. The average molecular weight is 390 g/mol. The highest BCUT2D eigenvalue weighted by Crippen LogP contribution is 2.29. The highest BCUT2D eigenvalue weighted by atomic mass is 32.2. The van der Waals surface area contributed by atoms with Crippen LogP contribution in [0.5, 0.6) is 0 Å². The third kappa shape index (κ3) is 3.36. The predicted octanol–water partition coefficient (Wildman–Crippen LogP) is 5.67. The Bertz CT molecular complexity index is 986. The Labute approximate surface area is 155 Å². The standard InChI is InChI=1S/C16H11N3OS4/c21-16-19(12-5-2-1-3-6-12)18-15(24-16)23-10-11-9-20-14(17-11)13-7-4-8-22-13/h1-9H,10H2. The molecule has 0 aliphatic carbocycles. The number of thiophene rings is 1. The van der Waals surface area contributed by atoms with Gasteiger partial charge in [-0.05, 0) is 35.8 Å². The molecule has 0 N–H and O–H groups in total. The normalized spacial score (nSPS) is 11.0. The van der Waals surface area contributed by atoms with Crippen molar-refractivity contribution in [3.8, 4) is 16.5 Å². The topological polar surface area (TPSA) is 43.9 Å². The zero-order chi connectivity index (χ0) is 16.4. The second-order valence-corrected chi connectivity index (χ2v) is 8.58. The monoisotopic (exact) mass is 389 g/mol. The largest absolute Gasteiger partial charge is 0.444 e. The first kappa shape index (κ1) is 15.8. The molecule has 0 bridgehead atoms. The summed E-state index contributed by atoms with van der Waals surface area (Å²) in [6.45, 7) is 0. The molecule has 24 heavy (non-hydrogen) atoms. The average Bonchev–Trinajstić information content (AvgIpc) is 3.34. The minimum Gasteiger partial charge on any atom is -0.444 e. The van der Waals surface area contributed by atoms with Crippen LogP contribution in [0.2, 0.25) is 0 Å². The van der Waals surface area contributed by atoms with Crippen molar-refractivity contribution in [1.29, 1.82) is 0 Å². The van der Waals surface area contributed by atoms with Gasteiger partial charge in [0.1, 0.15) is 6.26 Å². The van der Waals surface area contributed by atoms with Crippen molar-refractivity contribution < 1.29 is 4.42 Å². The summed E-state index contributed by atoms with van der Waals surface area (Å²) >= 11 is 10.2. The van der Waals surface area contributed by atoms with Crippen molar-refractivity contribution in [2.75, 3.05) is 0 Å². The van der Waals surface area contributed by atoms with Gasteiger partial charge in [0.15, 0.2) is 8.29 Å². The Balaban J connectivity index is 1.48. The molecule has 0 aliphatic rings. The SMILES string of the molecule is S=c1sc(SCc2coc(-c3cccs3)n2)nn1-c1ccccc1. The summed E-state index contributed by atoms with van der Waals surface area (Å²) in [5.74, 6) is 1.37. The van der Waals surface area contributed by atoms with Crippen LogP contribution in [0.15, 0.2) is 62.9 Å². The Morgan fingerprint density at radius 2 is 2.04 bits per heavy atom. The third-order valence-electron chi connectivity index (χ3n) is 3.16. The lowest BCUT2D eigenvalue weighted by molar-refractivity contribution is 0.575. The van der Waals surface area contributed by atoms with E-state index in [4.69, 9.17) is 16.6 Å². The highest BCUT2D eigenvalue weighted by Gasteiger charge is 2.10. The molecular weight excluding hydrogens is 378 g/mol. The maximum atomic E-state index is 5.54. The van der Waals surface area contributed by atoms with Crippen LogP contribution in [0.3, 0.4) is 0 Å². The van der Waals surface area contributed by atoms with E-state index in [1.807, 2.05) is 47.8 Å². The number of para-hydroxylation sites is 1. The first-order valence-corrected chi connectivity index (χ1v) is 10.2. The van der Waals surface area contributed by atoms with Crippen LogP contribution in [0.25, 0.3) is 16.5 Å². The van der Waals surface area contributed by atoms with Gasteiger partial charge in [-0.2, -0.15) is 0 Å². The second kappa shape index (κ2) is 7.02. The van der Waals surface area contributed by atoms with E-state index in [1.165, 1.54) is 11.3 Å². The molecule has 0 radical (unpaired) electrons. The van der Waals surface area contributed by atoms with Crippen molar-refractivity contribution in [3.63, 3.8) is 0 Å². The number of hydrogen-bond acceptors (Lipinski definition) is 7. The zero-order valence-corrected chi connectivity index (χ0v) is 15.6.